The largest absolute Gasteiger partial charge is 0.492 e. The summed E-state index contributed by atoms with van der Waals surface area (Å²) in [7, 11) is 0. The second-order valence-corrected chi connectivity index (χ2v) is 5.18. The first-order valence-electron chi connectivity index (χ1n) is 7.79. The van der Waals surface area contributed by atoms with E-state index in [4.69, 9.17) is 4.74 Å². The van der Waals surface area contributed by atoms with Crippen LogP contribution < -0.4 is 4.74 Å². The number of hydrogen-bond donors (Lipinski definition) is 0. The maximum Gasteiger partial charge on any atom is 0.119 e. The monoisotopic (exact) mass is 355 g/mol. The fourth-order valence-corrected chi connectivity index (χ4v) is 2.37. The Morgan fingerprint density at radius 1 is 0.783 bits per heavy atom. The minimum absolute atomic E-state index is 0. The molecular formula is C19H27Cl2NO. The Labute approximate surface area is 152 Å². The number of ether oxygens (including phenoxy) is 1. The fourth-order valence-electron chi connectivity index (χ4n) is 2.37. The number of halogens is 2. The zero-order valence-corrected chi connectivity index (χ0v) is 15.5. The lowest BCUT2D eigenvalue weighted by Crippen LogP contribution is -2.27. The van der Waals surface area contributed by atoms with Gasteiger partial charge in [-0.25, -0.2) is 0 Å². The first kappa shape index (κ1) is 21.8. The first-order valence-corrected chi connectivity index (χ1v) is 7.79. The number of nitrogens with zero attached hydrogens (tertiary/aromatic N) is 1. The molecule has 4 heteroatoms. The van der Waals surface area contributed by atoms with Crippen LogP contribution in [0.1, 0.15) is 25.0 Å². The lowest BCUT2D eigenvalue weighted by Gasteiger charge is -2.18. The highest BCUT2D eigenvalue weighted by Crippen LogP contribution is 2.15. The van der Waals surface area contributed by atoms with Crippen molar-refractivity contribution >= 4 is 24.8 Å². The van der Waals surface area contributed by atoms with Crippen molar-refractivity contribution in [2.45, 2.75) is 20.3 Å². The molecule has 23 heavy (non-hydrogen) atoms. The lowest BCUT2D eigenvalue weighted by atomic mass is 10.1. The van der Waals surface area contributed by atoms with Crippen LogP contribution in [-0.2, 0) is 6.42 Å². The van der Waals surface area contributed by atoms with E-state index in [0.29, 0.717) is 0 Å². The van der Waals surface area contributed by atoms with Crippen molar-refractivity contribution in [3.63, 3.8) is 0 Å². The van der Waals surface area contributed by atoms with Crippen LogP contribution in [0.15, 0.2) is 54.6 Å². The third kappa shape index (κ3) is 7.74. The molecule has 0 aliphatic carbocycles. The molecule has 0 spiro atoms. The molecule has 0 saturated heterocycles. The molecule has 0 fully saturated rings. The second-order valence-electron chi connectivity index (χ2n) is 5.18. The Hall–Kier alpha value is -1.22. The van der Waals surface area contributed by atoms with Gasteiger partial charge in [0.05, 0.1) is 0 Å². The highest BCUT2D eigenvalue weighted by atomic mass is 35.5. The molecule has 2 nitrogen and oxygen atoms in total. The van der Waals surface area contributed by atoms with E-state index in [1.165, 1.54) is 11.1 Å². The molecule has 0 aromatic heterocycles. The molecule has 2 aromatic carbocycles. The maximum atomic E-state index is 5.80. The fraction of sp³-hybridized carbons (Fsp3) is 0.368. The average Bonchev–Trinajstić information content (AvgIpc) is 2.54. The van der Waals surface area contributed by atoms with Crippen LogP contribution >= 0.6 is 24.8 Å². The van der Waals surface area contributed by atoms with Gasteiger partial charge in [0.2, 0.25) is 0 Å². The Morgan fingerprint density at radius 3 is 1.91 bits per heavy atom. The SMILES string of the molecule is CCN(CC)CCOc1ccc(Cc2ccccc2)cc1.Cl.Cl. The summed E-state index contributed by atoms with van der Waals surface area (Å²) in [5.74, 6) is 0.957. The quantitative estimate of drug-likeness (QED) is 0.671. The van der Waals surface area contributed by atoms with Gasteiger partial charge in [-0.3, -0.25) is 0 Å². The lowest BCUT2D eigenvalue weighted by molar-refractivity contribution is 0.223. The van der Waals surface area contributed by atoms with Crippen molar-refractivity contribution < 1.29 is 4.74 Å². The van der Waals surface area contributed by atoms with Gasteiger partial charge in [0.15, 0.2) is 0 Å². The molecule has 0 atom stereocenters. The van der Waals surface area contributed by atoms with Gasteiger partial charge in [0.1, 0.15) is 12.4 Å². The summed E-state index contributed by atoms with van der Waals surface area (Å²) in [6.45, 7) is 8.26. The van der Waals surface area contributed by atoms with Gasteiger partial charge in [-0.2, -0.15) is 0 Å². The summed E-state index contributed by atoms with van der Waals surface area (Å²) < 4.78 is 5.80. The molecule has 0 aliphatic rings. The summed E-state index contributed by atoms with van der Waals surface area (Å²) in [5.41, 5.74) is 2.66. The zero-order valence-electron chi connectivity index (χ0n) is 13.9. The van der Waals surface area contributed by atoms with Crippen molar-refractivity contribution in [1.29, 1.82) is 0 Å². The Bertz CT molecular complexity index is 513. The van der Waals surface area contributed by atoms with Crippen molar-refractivity contribution in [3.8, 4) is 5.75 Å². The van der Waals surface area contributed by atoms with Gasteiger partial charge in [-0.05, 0) is 42.8 Å². The highest BCUT2D eigenvalue weighted by molar-refractivity contribution is 5.85. The van der Waals surface area contributed by atoms with Gasteiger partial charge in [-0.15, -0.1) is 24.8 Å². The highest BCUT2D eigenvalue weighted by Gasteiger charge is 2.00. The molecule has 0 N–H and O–H groups in total. The summed E-state index contributed by atoms with van der Waals surface area (Å²) in [4.78, 5) is 2.36. The van der Waals surface area contributed by atoms with Crippen molar-refractivity contribution in [2.24, 2.45) is 0 Å². The first-order chi connectivity index (χ1) is 10.3. The van der Waals surface area contributed by atoms with E-state index in [2.05, 4.69) is 73.3 Å². The van der Waals surface area contributed by atoms with Crippen molar-refractivity contribution in [1.82, 2.24) is 4.90 Å². The van der Waals surface area contributed by atoms with E-state index in [1.807, 2.05) is 0 Å². The van der Waals surface area contributed by atoms with Crippen molar-refractivity contribution in [3.05, 3.63) is 65.7 Å². The molecule has 0 aliphatic heterocycles. The Kier molecular flexibility index (Phi) is 11.6. The second kappa shape index (κ2) is 12.2. The van der Waals surface area contributed by atoms with E-state index in [0.717, 1.165) is 38.4 Å². The standard InChI is InChI=1S/C19H25NO.2ClH/c1-3-20(4-2)14-15-21-19-12-10-18(11-13-19)16-17-8-6-5-7-9-17;;/h5-13H,3-4,14-16H2,1-2H3;2*1H. The molecule has 0 heterocycles. The molecule has 0 unspecified atom stereocenters. The predicted molar refractivity (Wildman–Crippen MR) is 103 cm³/mol. The molecule has 2 rings (SSSR count). The summed E-state index contributed by atoms with van der Waals surface area (Å²) in [6, 6.07) is 19.0. The van der Waals surface area contributed by atoms with Gasteiger partial charge in [-0.1, -0.05) is 56.3 Å². The van der Waals surface area contributed by atoms with E-state index >= 15 is 0 Å². The van der Waals surface area contributed by atoms with Crippen LogP contribution in [0.3, 0.4) is 0 Å². The van der Waals surface area contributed by atoms with E-state index < -0.39 is 0 Å². The zero-order chi connectivity index (χ0) is 14.9. The summed E-state index contributed by atoms with van der Waals surface area (Å²) in [6.07, 6.45) is 0.973. The van der Waals surface area contributed by atoms with E-state index in [1.54, 1.807) is 0 Å². The van der Waals surface area contributed by atoms with Gasteiger partial charge in [0.25, 0.3) is 0 Å². The van der Waals surface area contributed by atoms with Crippen LogP contribution in [0.5, 0.6) is 5.75 Å². The van der Waals surface area contributed by atoms with Gasteiger partial charge >= 0.3 is 0 Å². The van der Waals surface area contributed by atoms with Crippen LogP contribution in [-0.4, -0.2) is 31.1 Å². The third-order valence-corrected chi connectivity index (χ3v) is 3.75. The van der Waals surface area contributed by atoms with Crippen LogP contribution in [0, 0.1) is 0 Å². The number of benzene rings is 2. The third-order valence-electron chi connectivity index (χ3n) is 3.75. The minimum atomic E-state index is 0. The predicted octanol–water partition coefficient (Wildman–Crippen LogP) is 4.84. The average molecular weight is 356 g/mol. The Morgan fingerprint density at radius 2 is 1.35 bits per heavy atom. The van der Waals surface area contributed by atoms with Crippen LogP contribution in [0.4, 0.5) is 0 Å². The molecule has 0 radical (unpaired) electrons. The molecule has 0 bridgehead atoms. The number of hydrogen-bond acceptors (Lipinski definition) is 2. The Balaban J connectivity index is 0.00000242. The van der Waals surface area contributed by atoms with Crippen LogP contribution in [0.2, 0.25) is 0 Å². The molecule has 0 amide bonds. The number of rotatable bonds is 8. The topological polar surface area (TPSA) is 12.5 Å². The maximum absolute atomic E-state index is 5.80. The van der Waals surface area contributed by atoms with Gasteiger partial charge in [0, 0.05) is 6.54 Å². The number of likely N-dealkylation sites (N-methyl/N-ethyl adjacent to an activating group) is 1. The molecular weight excluding hydrogens is 329 g/mol. The van der Waals surface area contributed by atoms with E-state index in [9.17, 15) is 0 Å². The molecule has 0 saturated carbocycles. The molecule has 128 valence electrons. The van der Waals surface area contributed by atoms with Crippen molar-refractivity contribution in [2.75, 3.05) is 26.2 Å². The minimum Gasteiger partial charge on any atom is -0.492 e. The summed E-state index contributed by atoms with van der Waals surface area (Å²) in [5, 5.41) is 0. The van der Waals surface area contributed by atoms with E-state index in [-0.39, 0.29) is 24.8 Å². The normalized spacial score (nSPS) is 9.87. The van der Waals surface area contributed by atoms with Crippen LogP contribution in [0.25, 0.3) is 0 Å². The summed E-state index contributed by atoms with van der Waals surface area (Å²) >= 11 is 0. The smallest absolute Gasteiger partial charge is 0.119 e. The van der Waals surface area contributed by atoms with Gasteiger partial charge < -0.3 is 9.64 Å². The molecule has 2 aromatic rings.